The Balaban J connectivity index is 2.27. The molecule has 19 heavy (non-hydrogen) atoms. The number of nitrogens with zero attached hydrogens (tertiary/aromatic N) is 2. The molecular formula is C16H27N3. The van der Waals surface area contributed by atoms with Gasteiger partial charge in [0.1, 0.15) is 0 Å². The van der Waals surface area contributed by atoms with E-state index in [1.807, 2.05) is 12.3 Å². The predicted molar refractivity (Wildman–Crippen MR) is 79.8 cm³/mol. The molecule has 1 aromatic heterocycles. The average Bonchev–Trinajstić information content (AvgIpc) is 2.44. The van der Waals surface area contributed by atoms with Crippen LogP contribution in [-0.2, 0) is 0 Å². The molecule has 2 rings (SSSR count). The number of pyridine rings is 1. The van der Waals surface area contributed by atoms with Crippen molar-refractivity contribution in [3.8, 4) is 0 Å². The van der Waals surface area contributed by atoms with E-state index in [9.17, 15) is 0 Å². The normalized spacial score (nSPS) is 28.0. The van der Waals surface area contributed by atoms with Crippen LogP contribution in [0.3, 0.4) is 0 Å². The Hall–Kier alpha value is -0.930. The summed E-state index contributed by atoms with van der Waals surface area (Å²) in [4.78, 5) is 7.14. The molecule has 0 aromatic carbocycles. The SMILES string of the molecule is CCC(N)C(c1ccccn1)N1CC(C)CCC1C. The zero-order chi connectivity index (χ0) is 13.8. The lowest BCUT2D eigenvalue weighted by Gasteiger charge is -2.43. The Bertz CT molecular complexity index is 379. The average molecular weight is 261 g/mol. The fraction of sp³-hybridized carbons (Fsp3) is 0.688. The van der Waals surface area contributed by atoms with Crippen LogP contribution in [0.2, 0.25) is 0 Å². The summed E-state index contributed by atoms with van der Waals surface area (Å²) in [5, 5.41) is 0. The van der Waals surface area contributed by atoms with Gasteiger partial charge in [-0.15, -0.1) is 0 Å². The Morgan fingerprint density at radius 3 is 2.79 bits per heavy atom. The summed E-state index contributed by atoms with van der Waals surface area (Å²) < 4.78 is 0. The molecule has 1 saturated heterocycles. The molecular weight excluding hydrogens is 234 g/mol. The van der Waals surface area contributed by atoms with Gasteiger partial charge in [-0.2, -0.15) is 0 Å². The molecule has 1 aliphatic rings. The molecule has 3 nitrogen and oxygen atoms in total. The maximum Gasteiger partial charge on any atom is 0.0675 e. The van der Waals surface area contributed by atoms with Crippen molar-refractivity contribution in [3.05, 3.63) is 30.1 Å². The summed E-state index contributed by atoms with van der Waals surface area (Å²) in [5.74, 6) is 0.756. The first kappa shape index (κ1) is 14.5. The van der Waals surface area contributed by atoms with Gasteiger partial charge >= 0.3 is 0 Å². The molecule has 2 heterocycles. The summed E-state index contributed by atoms with van der Waals surface area (Å²) in [7, 11) is 0. The van der Waals surface area contributed by atoms with Crippen molar-refractivity contribution in [1.82, 2.24) is 9.88 Å². The van der Waals surface area contributed by atoms with Crippen LogP contribution in [0.15, 0.2) is 24.4 Å². The highest BCUT2D eigenvalue weighted by Crippen LogP contribution is 2.32. The number of nitrogens with two attached hydrogens (primary N) is 1. The summed E-state index contributed by atoms with van der Waals surface area (Å²) in [5.41, 5.74) is 7.53. The maximum atomic E-state index is 6.41. The standard InChI is InChI=1S/C16H27N3/c1-4-14(17)16(15-7-5-6-10-18-15)19-11-12(2)8-9-13(19)3/h5-7,10,12-14,16H,4,8-9,11,17H2,1-3H3. The van der Waals surface area contributed by atoms with E-state index in [0.29, 0.717) is 6.04 Å². The molecule has 2 N–H and O–H groups in total. The molecule has 4 unspecified atom stereocenters. The molecule has 1 aromatic rings. The molecule has 0 radical (unpaired) electrons. The number of piperidine rings is 1. The third-order valence-corrected chi connectivity index (χ3v) is 4.39. The van der Waals surface area contributed by atoms with Gasteiger partial charge in [-0.3, -0.25) is 9.88 Å². The molecule has 4 atom stereocenters. The third kappa shape index (κ3) is 3.34. The van der Waals surface area contributed by atoms with Crippen molar-refractivity contribution in [2.24, 2.45) is 11.7 Å². The van der Waals surface area contributed by atoms with Crippen molar-refractivity contribution in [3.63, 3.8) is 0 Å². The van der Waals surface area contributed by atoms with Crippen molar-refractivity contribution in [2.75, 3.05) is 6.54 Å². The summed E-state index contributed by atoms with van der Waals surface area (Å²) in [6, 6.07) is 7.16. The zero-order valence-electron chi connectivity index (χ0n) is 12.4. The second-order valence-corrected chi connectivity index (χ2v) is 6.00. The molecule has 1 aliphatic heterocycles. The lowest BCUT2D eigenvalue weighted by Crippen LogP contribution is -2.49. The minimum atomic E-state index is 0.155. The van der Waals surface area contributed by atoms with Crippen LogP contribution in [-0.4, -0.2) is 28.5 Å². The van der Waals surface area contributed by atoms with E-state index in [2.05, 4.69) is 42.8 Å². The minimum Gasteiger partial charge on any atom is -0.326 e. The minimum absolute atomic E-state index is 0.155. The van der Waals surface area contributed by atoms with E-state index >= 15 is 0 Å². The fourth-order valence-electron chi connectivity index (χ4n) is 3.12. The van der Waals surface area contributed by atoms with Gasteiger partial charge in [0.2, 0.25) is 0 Å². The molecule has 1 fully saturated rings. The second kappa shape index (κ2) is 6.49. The van der Waals surface area contributed by atoms with E-state index in [1.165, 1.54) is 12.8 Å². The number of likely N-dealkylation sites (tertiary alicyclic amines) is 1. The Labute approximate surface area is 117 Å². The van der Waals surface area contributed by atoms with E-state index in [0.717, 1.165) is 24.6 Å². The number of rotatable bonds is 4. The van der Waals surface area contributed by atoms with E-state index < -0.39 is 0 Å². The van der Waals surface area contributed by atoms with E-state index in [4.69, 9.17) is 5.73 Å². The monoisotopic (exact) mass is 261 g/mol. The number of hydrogen-bond donors (Lipinski definition) is 1. The largest absolute Gasteiger partial charge is 0.326 e. The first-order chi connectivity index (χ1) is 9.13. The Kier molecular flexibility index (Phi) is 4.94. The first-order valence-corrected chi connectivity index (χ1v) is 7.55. The predicted octanol–water partition coefficient (Wildman–Crippen LogP) is 2.98. The van der Waals surface area contributed by atoms with Crippen molar-refractivity contribution in [1.29, 1.82) is 0 Å². The highest BCUT2D eigenvalue weighted by molar-refractivity contribution is 5.12. The van der Waals surface area contributed by atoms with Crippen LogP contribution in [0.4, 0.5) is 0 Å². The molecule has 106 valence electrons. The Morgan fingerprint density at radius 2 is 2.16 bits per heavy atom. The van der Waals surface area contributed by atoms with E-state index in [1.54, 1.807) is 0 Å². The molecule has 0 spiro atoms. The van der Waals surface area contributed by atoms with E-state index in [-0.39, 0.29) is 12.1 Å². The van der Waals surface area contributed by atoms with Gasteiger partial charge < -0.3 is 5.73 Å². The third-order valence-electron chi connectivity index (χ3n) is 4.39. The fourth-order valence-corrected chi connectivity index (χ4v) is 3.12. The number of aromatic nitrogens is 1. The summed E-state index contributed by atoms with van der Waals surface area (Å²) in [6.07, 6.45) is 5.45. The second-order valence-electron chi connectivity index (χ2n) is 6.00. The van der Waals surface area contributed by atoms with Crippen molar-refractivity contribution < 1.29 is 0 Å². The Morgan fingerprint density at radius 1 is 1.37 bits per heavy atom. The van der Waals surface area contributed by atoms with Crippen LogP contribution >= 0.6 is 0 Å². The first-order valence-electron chi connectivity index (χ1n) is 7.55. The van der Waals surface area contributed by atoms with Gasteiger partial charge in [0.15, 0.2) is 0 Å². The van der Waals surface area contributed by atoms with Gasteiger partial charge in [-0.25, -0.2) is 0 Å². The molecule has 0 saturated carbocycles. The van der Waals surface area contributed by atoms with Crippen LogP contribution in [0.5, 0.6) is 0 Å². The van der Waals surface area contributed by atoms with Crippen LogP contribution in [0.25, 0.3) is 0 Å². The zero-order valence-corrected chi connectivity index (χ0v) is 12.4. The maximum absolute atomic E-state index is 6.41. The van der Waals surface area contributed by atoms with Crippen LogP contribution in [0.1, 0.15) is 51.8 Å². The smallest absolute Gasteiger partial charge is 0.0675 e. The summed E-state index contributed by atoms with van der Waals surface area (Å²) in [6.45, 7) is 7.96. The van der Waals surface area contributed by atoms with Gasteiger partial charge in [0, 0.05) is 24.8 Å². The molecule has 0 aliphatic carbocycles. The molecule has 0 amide bonds. The lowest BCUT2D eigenvalue weighted by molar-refractivity contribution is 0.0605. The van der Waals surface area contributed by atoms with Crippen molar-refractivity contribution >= 4 is 0 Å². The van der Waals surface area contributed by atoms with Gasteiger partial charge in [-0.05, 0) is 44.2 Å². The number of hydrogen-bond acceptors (Lipinski definition) is 3. The van der Waals surface area contributed by atoms with Gasteiger partial charge in [0.25, 0.3) is 0 Å². The topological polar surface area (TPSA) is 42.1 Å². The summed E-state index contributed by atoms with van der Waals surface area (Å²) >= 11 is 0. The van der Waals surface area contributed by atoms with Crippen LogP contribution in [0, 0.1) is 5.92 Å². The highest BCUT2D eigenvalue weighted by atomic mass is 15.2. The van der Waals surface area contributed by atoms with Crippen molar-refractivity contribution in [2.45, 2.75) is 58.2 Å². The van der Waals surface area contributed by atoms with Crippen LogP contribution < -0.4 is 5.73 Å². The molecule has 0 bridgehead atoms. The quantitative estimate of drug-likeness (QED) is 0.906. The lowest BCUT2D eigenvalue weighted by atomic mass is 9.90. The highest BCUT2D eigenvalue weighted by Gasteiger charge is 2.33. The molecule has 3 heteroatoms. The van der Waals surface area contributed by atoms with Gasteiger partial charge in [0.05, 0.1) is 11.7 Å². The van der Waals surface area contributed by atoms with Gasteiger partial charge in [-0.1, -0.05) is 19.9 Å².